The summed E-state index contributed by atoms with van der Waals surface area (Å²) in [5.41, 5.74) is 10.1. The Balaban J connectivity index is 2.20. The van der Waals surface area contributed by atoms with Crippen LogP contribution >= 0.6 is 0 Å². The minimum atomic E-state index is 0.491. The highest BCUT2D eigenvalue weighted by Crippen LogP contribution is 2.25. The lowest BCUT2D eigenvalue weighted by molar-refractivity contribution is 0.415. The Bertz CT molecular complexity index is 729. The van der Waals surface area contributed by atoms with Gasteiger partial charge in [0.25, 0.3) is 0 Å². The third kappa shape index (κ3) is 1.91. The van der Waals surface area contributed by atoms with E-state index in [2.05, 4.69) is 11.1 Å². The third-order valence-electron chi connectivity index (χ3n) is 3.17. The van der Waals surface area contributed by atoms with Gasteiger partial charge in [0.1, 0.15) is 5.75 Å². The molecule has 0 atom stereocenters. The van der Waals surface area contributed by atoms with Gasteiger partial charge in [-0.1, -0.05) is 6.07 Å². The molecule has 0 saturated heterocycles. The highest BCUT2D eigenvalue weighted by Gasteiger charge is 2.09. The quantitative estimate of drug-likeness (QED) is 0.764. The van der Waals surface area contributed by atoms with Crippen molar-refractivity contribution in [2.45, 2.75) is 6.92 Å². The SMILES string of the molecule is COc1ccc(-n2c(N)nc3cc(C)ccc32)cc1. The lowest BCUT2D eigenvalue weighted by atomic mass is 10.2. The third-order valence-corrected chi connectivity index (χ3v) is 3.17. The van der Waals surface area contributed by atoms with E-state index < -0.39 is 0 Å². The zero-order valence-electron chi connectivity index (χ0n) is 10.9. The van der Waals surface area contributed by atoms with Crippen molar-refractivity contribution in [2.75, 3.05) is 12.8 Å². The van der Waals surface area contributed by atoms with Crippen molar-refractivity contribution in [3.05, 3.63) is 48.0 Å². The van der Waals surface area contributed by atoms with Gasteiger partial charge in [-0.05, 0) is 48.9 Å². The molecule has 0 aliphatic heterocycles. The molecule has 0 aliphatic carbocycles. The van der Waals surface area contributed by atoms with Crippen molar-refractivity contribution in [1.82, 2.24) is 9.55 Å². The van der Waals surface area contributed by atoms with E-state index in [0.717, 1.165) is 22.5 Å². The minimum absolute atomic E-state index is 0.491. The Morgan fingerprint density at radius 1 is 1.11 bits per heavy atom. The van der Waals surface area contributed by atoms with Gasteiger partial charge in [0.2, 0.25) is 5.95 Å². The number of hydrogen-bond acceptors (Lipinski definition) is 3. The van der Waals surface area contributed by atoms with Crippen LogP contribution < -0.4 is 10.5 Å². The second-order valence-electron chi connectivity index (χ2n) is 4.50. The first-order valence-electron chi connectivity index (χ1n) is 6.08. The van der Waals surface area contributed by atoms with E-state index in [0.29, 0.717) is 5.95 Å². The van der Waals surface area contributed by atoms with Crippen molar-refractivity contribution in [1.29, 1.82) is 0 Å². The van der Waals surface area contributed by atoms with E-state index in [4.69, 9.17) is 10.5 Å². The Kier molecular flexibility index (Phi) is 2.63. The second-order valence-corrected chi connectivity index (χ2v) is 4.50. The Hall–Kier alpha value is -2.49. The predicted molar refractivity (Wildman–Crippen MR) is 76.8 cm³/mol. The number of rotatable bonds is 2. The van der Waals surface area contributed by atoms with Gasteiger partial charge in [-0.15, -0.1) is 0 Å². The van der Waals surface area contributed by atoms with Gasteiger partial charge >= 0.3 is 0 Å². The molecule has 0 saturated carbocycles. The van der Waals surface area contributed by atoms with Gasteiger partial charge in [0.15, 0.2) is 0 Å². The molecule has 2 aromatic carbocycles. The number of nitrogens with two attached hydrogens (primary N) is 1. The maximum Gasteiger partial charge on any atom is 0.205 e. The molecule has 0 radical (unpaired) electrons. The monoisotopic (exact) mass is 253 g/mol. The maximum atomic E-state index is 6.03. The number of nitrogen functional groups attached to an aromatic ring is 1. The molecular weight excluding hydrogens is 238 g/mol. The molecule has 1 aromatic heterocycles. The highest BCUT2D eigenvalue weighted by molar-refractivity contribution is 5.81. The normalized spacial score (nSPS) is 10.8. The van der Waals surface area contributed by atoms with E-state index in [1.165, 1.54) is 5.56 Å². The first kappa shape index (κ1) is 11.6. The number of benzene rings is 2. The molecule has 1 heterocycles. The molecule has 19 heavy (non-hydrogen) atoms. The van der Waals surface area contributed by atoms with E-state index in [1.54, 1.807) is 7.11 Å². The largest absolute Gasteiger partial charge is 0.497 e. The lowest BCUT2D eigenvalue weighted by Gasteiger charge is -2.07. The Labute approximate surface area is 111 Å². The maximum absolute atomic E-state index is 6.03. The summed E-state index contributed by atoms with van der Waals surface area (Å²) in [6.07, 6.45) is 0. The number of aromatic nitrogens is 2. The van der Waals surface area contributed by atoms with E-state index in [9.17, 15) is 0 Å². The van der Waals surface area contributed by atoms with Crippen LogP contribution in [-0.2, 0) is 0 Å². The summed E-state index contributed by atoms with van der Waals surface area (Å²) in [6.45, 7) is 2.04. The van der Waals surface area contributed by atoms with Gasteiger partial charge in [-0.2, -0.15) is 0 Å². The van der Waals surface area contributed by atoms with Crippen LogP contribution in [0, 0.1) is 6.92 Å². The van der Waals surface area contributed by atoms with Gasteiger partial charge < -0.3 is 10.5 Å². The molecule has 0 amide bonds. The van der Waals surface area contributed by atoms with E-state index in [-0.39, 0.29) is 0 Å². The fourth-order valence-corrected chi connectivity index (χ4v) is 2.21. The predicted octanol–water partition coefficient (Wildman–Crippen LogP) is 2.92. The summed E-state index contributed by atoms with van der Waals surface area (Å²) in [7, 11) is 1.65. The van der Waals surface area contributed by atoms with Crippen molar-refractivity contribution in [2.24, 2.45) is 0 Å². The number of aryl methyl sites for hydroxylation is 1. The summed E-state index contributed by atoms with van der Waals surface area (Å²) in [4.78, 5) is 4.40. The van der Waals surface area contributed by atoms with Crippen LogP contribution in [0.1, 0.15) is 5.56 Å². The lowest BCUT2D eigenvalue weighted by Crippen LogP contribution is -2.00. The van der Waals surface area contributed by atoms with Crippen LogP contribution in [0.25, 0.3) is 16.7 Å². The number of methoxy groups -OCH3 is 1. The topological polar surface area (TPSA) is 53.1 Å². The number of fused-ring (bicyclic) bond motifs is 1. The van der Waals surface area contributed by atoms with E-state index in [1.807, 2.05) is 47.9 Å². The number of ether oxygens (including phenoxy) is 1. The van der Waals surface area contributed by atoms with Gasteiger partial charge in [0, 0.05) is 5.69 Å². The van der Waals surface area contributed by atoms with Gasteiger partial charge in [-0.25, -0.2) is 4.98 Å². The molecule has 0 bridgehead atoms. The number of hydrogen-bond donors (Lipinski definition) is 1. The molecule has 3 rings (SSSR count). The number of imidazole rings is 1. The average Bonchev–Trinajstić information content (AvgIpc) is 2.74. The highest BCUT2D eigenvalue weighted by atomic mass is 16.5. The number of nitrogens with zero attached hydrogens (tertiary/aromatic N) is 2. The standard InChI is InChI=1S/C15H15N3O/c1-10-3-8-14-13(9-10)17-15(16)18(14)11-4-6-12(19-2)7-5-11/h3-9H,1-2H3,(H2,16,17). The fraction of sp³-hybridized carbons (Fsp3) is 0.133. The summed E-state index contributed by atoms with van der Waals surface area (Å²) in [6, 6.07) is 13.9. The van der Waals surface area contributed by atoms with Crippen LogP contribution in [0.3, 0.4) is 0 Å². The van der Waals surface area contributed by atoms with E-state index >= 15 is 0 Å². The molecule has 4 heteroatoms. The van der Waals surface area contributed by atoms with Crippen molar-refractivity contribution in [3.63, 3.8) is 0 Å². The van der Waals surface area contributed by atoms with Crippen LogP contribution in [0.5, 0.6) is 5.75 Å². The van der Waals surface area contributed by atoms with Crippen LogP contribution in [0.2, 0.25) is 0 Å². The van der Waals surface area contributed by atoms with Crippen LogP contribution in [0.4, 0.5) is 5.95 Å². The number of anilines is 1. The van der Waals surface area contributed by atoms with Crippen LogP contribution in [-0.4, -0.2) is 16.7 Å². The van der Waals surface area contributed by atoms with Crippen molar-refractivity contribution < 1.29 is 4.74 Å². The Morgan fingerprint density at radius 2 is 1.84 bits per heavy atom. The molecule has 0 spiro atoms. The second kappa shape index (κ2) is 4.31. The molecule has 0 unspecified atom stereocenters. The van der Waals surface area contributed by atoms with Gasteiger partial charge in [-0.3, -0.25) is 4.57 Å². The summed E-state index contributed by atoms with van der Waals surface area (Å²) >= 11 is 0. The zero-order chi connectivity index (χ0) is 13.4. The van der Waals surface area contributed by atoms with Gasteiger partial charge in [0.05, 0.1) is 18.1 Å². The Morgan fingerprint density at radius 3 is 2.53 bits per heavy atom. The molecule has 0 aliphatic rings. The molecule has 3 aromatic rings. The zero-order valence-corrected chi connectivity index (χ0v) is 10.9. The average molecular weight is 253 g/mol. The molecular formula is C15H15N3O. The molecule has 2 N–H and O–H groups in total. The molecule has 4 nitrogen and oxygen atoms in total. The first-order valence-corrected chi connectivity index (χ1v) is 6.08. The van der Waals surface area contributed by atoms with Crippen molar-refractivity contribution >= 4 is 17.0 Å². The summed E-state index contributed by atoms with van der Waals surface area (Å²) in [5.74, 6) is 1.31. The minimum Gasteiger partial charge on any atom is -0.497 e. The smallest absolute Gasteiger partial charge is 0.205 e. The molecule has 96 valence electrons. The molecule has 0 fully saturated rings. The fourth-order valence-electron chi connectivity index (χ4n) is 2.21. The van der Waals surface area contributed by atoms with Crippen LogP contribution in [0.15, 0.2) is 42.5 Å². The van der Waals surface area contributed by atoms with Crippen molar-refractivity contribution in [3.8, 4) is 11.4 Å². The summed E-state index contributed by atoms with van der Waals surface area (Å²) < 4.78 is 7.10. The first-order chi connectivity index (χ1) is 9.19. The summed E-state index contributed by atoms with van der Waals surface area (Å²) in [5, 5.41) is 0.